The van der Waals surface area contributed by atoms with Gasteiger partial charge in [0.2, 0.25) is 5.91 Å². The number of piperidine rings is 1. The van der Waals surface area contributed by atoms with E-state index < -0.39 is 0 Å². The van der Waals surface area contributed by atoms with Crippen LogP contribution in [0.3, 0.4) is 0 Å². The highest BCUT2D eigenvalue weighted by Crippen LogP contribution is 2.33. The minimum absolute atomic E-state index is 0.155. The second kappa shape index (κ2) is 7.41. The zero-order valence-electron chi connectivity index (χ0n) is 15.9. The molecule has 0 saturated carbocycles. The van der Waals surface area contributed by atoms with E-state index in [9.17, 15) is 4.79 Å². The summed E-state index contributed by atoms with van der Waals surface area (Å²) >= 11 is 0. The van der Waals surface area contributed by atoms with E-state index >= 15 is 0 Å². The molecule has 0 spiro atoms. The summed E-state index contributed by atoms with van der Waals surface area (Å²) in [5.74, 6) is 0.684. The van der Waals surface area contributed by atoms with E-state index in [1.54, 1.807) is 0 Å². The minimum Gasteiger partial charge on any atom is -0.346 e. The zero-order chi connectivity index (χ0) is 18.1. The highest BCUT2D eigenvalue weighted by atomic mass is 16.1. The molecule has 3 heterocycles. The molecule has 0 radical (unpaired) electrons. The molecule has 4 rings (SSSR count). The number of benzene rings is 1. The molecule has 2 atom stereocenters. The Morgan fingerprint density at radius 2 is 2.00 bits per heavy atom. The second-order valence-electron chi connectivity index (χ2n) is 8.31. The monoisotopic (exact) mass is 354 g/mol. The van der Waals surface area contributed by atoms with Gasteiger partial charge in [-0.15, -0.1) is 0 Å². The van der Waals surface area contributed by atoms with Crippen molar-refractivity contribution in [1.82, 2.24) is 14.8 Å². The van der Waals surface area contributed by atoms with Crippen LogP contribution in [0.2, 0.25) is 0 Å². The lowest BCUT2D eigenvalue weighted by atomic mass is 9.89. The Kier molecular flexibility index (Phi) is 5.00. The second-order valence-corrected chi connectivity index (χ2v) is 8.31. The van der Waals surface area contributed by atoms with Gasteiger partial charge in [-0.05, 0) is 69.3 Å². The summed E-state index contributed by atoms with van der Waals surface area (Å²) in [7, 11) is 4.18. The van der Waals surface area contributed by atoms with E-state index in [-0.39, 0.29) is 5.91 Å². The van der Waals surface area contributed by atoms with Crippen molar-refractivity contribution >= 4 is 22.5 Å². The third-order valence-electron chi connectivity index (χ3n) is 5.89. The van der Waals surface area contributed by atoms with Gasteiger partial charge < -0.3 is 20.1 Å². The number of aromatic nitrogens is 1. The van der Waals surface area contributed by atoms with Crippen LogP contribution in [0.4, 0.5) is 5.69 Å². The summed E-state index contributed by atoms with van der Waals surface area (Å²) in [6, 6.07) is 9.65. The molecule has 2 unspecified atom stereocenters. The number of likely N-dealkylation sites (N-methyl/N-ethyl adjacent to an activating group) is 1. The molecule has 2 aromatic rings. The van der Waals surface area contributed by atoms with Crippen LogP contribution < -0.4 is 10.6 Å². The Bertz CT molecular complexity index is 769. The van der Waals surface area contributed by atoms with Crippen molar-refractivity contribution in [3.63, 3.8) is 0 Å². The number of carbonyl (C=O) groups excluding carboxylic acids is 1. The molecule has 26 heavy (non-hydrogen) atoms. The third kappa shape index (κ3) is 3.94. The van der Waals surface area contributed by atoms with Crippen molar-refractivity contribution in [1.29, 1.82) is 0 Å². The predicted octanol–water partition coefficient (Wildman–Crippen LogP) is 3.06. The molecule has 1 aromatic carbocycles. The largest absolute Gasteiger partial charge is 0.346 e. The van der Waals surface area contributed by atoms with Crippen molar-refractivity contribution in [2.75, 3.05) is 26.0 Å². The smallest absolute Gasteiger partial charge is 0.224 e. The van der Waals surface area contributed by atoms with Gasteiger partial charge in [-0.2, -0.15) is 0 Å². The molecule has 1 aromatic heterocycles. The van der Waals surface area contributed by atoms with Crippen LogP contribution in [0.5, 0.6) is 0 Å². The van der Waals surface area contributed by atoms with E-state index in [1.807, 2.05) is 6.07 Å². The number of carbonyl (C=O) groups is 1. The number of hydrogen-bond donors (Lipinski definition) is 2. The number of hydrogen-bond acceptors (Lipinski definition) is 3. The predicted molar refractivity (Wildman–Crippen MR) is 106 cm³/mol. The molecular weight excluding hydrogens is 324 g/mol. The first kappa shape index (κ1) is 17.6. The van der Waals surface area contributed by atoms with Crippen molar-refractivity contribution in [2.45, 2.75) is 50.7 Å². The van der Waals surface area contributed by atoms with Gasteiger partial charge in [0.15, 0.2) is 0 Å². The minimum atomic E-state index is 0.155. The Labute approximate surface area is 155 Å². The Balaban J connectivity index is 1.40. The van der Waals surface area contributed by atoms with Crippen LogP contribution in [0, 0.1) is 5.92 Å². The highest BCUT2D eigenvalue weighted by Gasteiger charge is 2.34. The number of anilines is 1. The SMILES string of the molecule is CN(C)CCn1ccc2ccc(NC(=O)CC3CC4CCC(C3)N4)cc21. The van der Waals surface area contributed by atoms with Crippen molar-refractivity contribution in [2.24, 2.45) is 5.92 Å². The summed E-state index contributed by atoms with van der Waals surface area (Å²) in [5, 5.41) is 8.00. The maximum absolute atomic E-state index is 12.5. The van der Waals surface area contributed by atoms with Crippen LogP contribution in [-0.4, -0.2) is 48.1 Å². The lowest BCUT2D eigenvalue weighted by Crippen LogP contribution is -2.39. The third-order valence-corrected chi connectivity index (χ3v) is 5.89. The topological polar surface area (TPSA) is 49.3 Å². The highest BCUT2D eigenvalue weighted by molar-refractivity contribution is 5.93. The Hall–Kier alpha value is -1.85. The molecule has 2 aliphatic heterocycles. The van der Waals surface area contributed by atoms with Gasteiger partial charge >= 0.3 is 0 Å². The van der Waals surface area contributed by atoms with Crippen LogP contribution in [0.15, 0.2) is 30.5 Å². The fraction of sp³-hybridized carbons (Fsp3) is 0.571. The molecule has 2 bridgehead atoms. The van der Waals surface area contributed by atoms with Crippen LogP contribution in [0.25, 0.3) is 10.9 Å². The van der Waals surface area contributed by atoms with Gasteiger partial charge in [-0.25, -0.2) is 0 Å². The van der Waals surface area contributed by atoms with E-state index in [4.69, 9.17) is 0 Å². The number of nitrogens with one attached hydrogen (secondary N) is 2. The van der Waals surface area contributed by atoms with E-state index in [1.165, 1.54) is 23.7 Å². The zero-order valence-corrected chi connectivity index (χ0v) is 15.9. The quantitative estimate of drug-likeness (QED) is 0.838. The van der Waals surface area contributed by atoms with Gasteiger partial charge in [-0.3, -0.25) is 4.79 Å². The molecule has 2 N–H and O–H groups in total. The summed E-state index contributed by atoms with van der Waals surface area (Å²) in [4.78, 5) is 14.7. The number of nitrogens with zero attached hydrogens (tertiary/aromatic N) is 2. The van der Waals surface area contributed by atoms with Crippen LogP contribution >= 0.6 is 0 Å². The standard InChI is InChI=1S/C21H30N4O/c1-24(2)9-10-25-8-7-16-3-4-19(14-20(16)25)23-21(26)13-15-11-17-5-6-18(12-15)22-17/h3-4,7-8,14-15,17-18,22H,5-6,9-13H2,1-2H3,(H,23,26). The summed E-state index contributed by atoms with van der Waals surface area (Å²) in [6.07, 6.45) is 7.64. The van der Waals surface area contributed by atoms with E-state index in [0.717, 1.165) is 31.6 Å². The van der Waals surface area contributed by atoms with Gasteiger partial charge in [0, 0.05) is 43.5 Å². The summed E-state index contributed by atoms with van der Waals surface area (Å²) in [5.41, 5.74) is 2.09. The first-order valence-corrected chi connectivity index (χ1v) is 9.86. The van der Waals surface area contributed by atoms with Crippen molar-refractivity contribution in [3.05, 3.63) is 30.5 Å². The normalized spacial score (nSPS) is 25.1. The summed E-state index contributed by atoms with van der Waals surface area (Å²) < 4.78 is 2.26. The maximum atomic E-state index is 12.5. The maximum Gasteiger partial charge on any atom is 0.224 e. The fourth-order valence-electron chi connectivity index (χ4n) is 4.58. The molecule has 2 fully saturated rings. The number of rotatable bonds is 6. The lowest BCUT2D eigenvalue weighted by Gasteiger charge is -2.28. The Morgan fingerprint density at radius 3 is 2.73 bits per heavy atom. The molecule has 2 aliphatic rings. The van der Waals surface area contributed by atoms with Gasteiger partial charge in [0.25, 0.3) is 0 Å². The summed E-state index contributed by atoms with van der Waals surface area (Å²) in [6.45, 7) is 1.95. The molecular formula is C21H30N4O. The average molecular weight is 354 g/mol. The average Bonchev–Trinajstić information content (AvgIpc) is 3.15. The van der Waals surface area contributed by atoms with Crippen LogP contribution in [0.1, 0.15) is 32.1 Å². The molecule has 0 aliphatic carbocycles. The Morgan fingerprint density at radius 1 is 1.23 bits per heavy atom. The molecule has 5 heteroatoms. The van der Waals surface area contributed by atoms with Gasteiger partial charge in [0.05, 0.1) is 5.52 Å². The van der Waals surface area contributed by atoms with E-state index in [0.29, 0.717) is 24.4 Å². The molecule has 2 saturated heterocycles. The van der Waals surface area contributed by atoms with Gasteiger partial charge in [-0.1, -0.05) is 6.07 Å². The fourth-order valence-corrected chi connectivity index (χ4v) is 4.58. The molecule has 1 amide bonds. The molecule has 140 valence electrons. The van der Waals surface area contributed by atoms with Crippen molar-refractivity contribution < 1.29 is 4.79 Å². The first-order valence-electron chi connectivity index (χ1n) is 9.86. The lowest BCUT2D eigenvalue weighted by molar-refractivity contribution is -0.117. The van der Waals surface area contributed by atoms with Gasteiger partial charge in [0.1, 0.15) is 0 Å². The number of fused-ring (bicyclic) bond motifs is 3. The van der Waals surface area contributed by atoms with E-state index in [2.05, 4.69) is 58.6 Å². The van der Waals surface area contributed by atoms with Crippen molar-refractivity contribution in [3.8, 4) is 0 Å². The van der Waals surface area contributed by atoms with Crippen LogP contribution in [-0.2, 0) is 11.3 Å². The first-order chi connectivity index (χ1) is 12.6. The molecule has 5 nitrogen and oxygen atoms in total. The number of amides is 1.